The first-order valence-corrected chi connectivity index (χ1v) is 10.0. The van der Waals surface area contributed by atoms with E-state index in [-0.39, 0.29) is 5.92 Å². The third-order valence-corrected chi connectivity index (χ3v) is 5.82. The summed E-state index contributed by atoms with van der Waals surface area (Å²) < 4.78 is 0. The molecule has 4 aromatic rings. The SMILES string of the molecule is c1ccc(C2CON(c3ccccc3)C2(c2ccccc2)c2ccccc2)cc1. The highest BCUT2D eigenvalue weighted by Crippen LogP contribution is 2.53. The number of nitrogens with zero attached hydrogens (tertiary/aromatic N) is 1. The number of para-hydroxylation sites is 1. The summed E-state index contributed by atoms with van der Waals surface area (Å²) in [6, 6.07) is 42.6. The van der Waals surface area contributed by atoms with Crippen molar-refractivity contribution in [2.24, 2.45) is 0 Å². The molecular formula is C27H23NO. The number of hydrogen-bond donors (Lipinski definition) is 0. The molecule has 1 aliphatic heterocycles. The molecule has 142 valence electrons. The van der Waals surface area contributed by atoms with Crippen molar-refractivity contribution in [2.45, 2.75) is 11.5 Å². The van der Waals surface area contributed by atoms with Crippen molar-refractivity contribution in [3.8, 4) is 0 Å². The van der Waals surface area contributed by atoms with Crippen molar-refractivity contribution in [3.05, 3.63) is 138 Å². The highest BCUT2D eigenvalue weighted by Gasteiger charge is 2.53. The van der Waals surface area contributed by atoms with E-state index >= 15 is 0 Å². The minimum absolute atomic E-state index is 0.147. The summed E-state index contributed by atoms with van der Waals surface area (Å²) in [5.41, 5.74) is 4.31. The summed E-state index contributed by atoms with van der Waals surface area (Å²) in [7, 11) is 0. The maximum atomic E-state index is 6.46. The van der Waals surface area contributed by atoms with Crippen LogP contribution in [0.25, 0.3) is 0 Å². The number of anilines is 1. The Morgan fingerprint density at radius 3 is 1.55 bits per heavy atom. The predicted molar refractivity (Wildman–Crippen MR) is 118 cm³/mol. The first-order valence-electron chi connectivity index (χ1n) is 10.0. The second kappa shape index (κ2) is 7.57. The monoisotopic (exact) mass is 377 g/mol. The lowest BCUT2D eigenvalue weighted by atomic mass is 9.70. The zero-order chi connectivity index (χ0) is 19.5. The quantitative estimate of drug-likeness (QED) is 0.422. The van der Waals surface area contributed by atoms with E-state index in [0.29, 0.717) is 6.61 Å². The van der Waals surface area contributed by atoms with E-state index in [0.717, 1.165) is 5.69 Å². The summed E-state index contributed by atoms with van der Waals surface area (Å²) in [5, 5.41) is 2.12. The van der Waals surface area contributed by atoms with Crippen LogP contribution in [0.3, 0.4) is 0 Å². The standard InChI is InChI=1S/C27H23NO/c1-5-13-22(14-6-1)26-21-29-28(25-19-11-4-12-20-25)27(26,23-15-7-2-8-16-23)24-17-9-3-10-18-24/h1-20,26H,21H2. The van der Waals surface area contributed by atoms with E-state index in [1.807, 2.05) is 6.07 Å². The molecule has 0 amide bonds. The van der Waals surface area contributed by atoms with Gasteiger partial charge in [0.15, 0.2) is 0 Å². The van der Waals surface area contributed by atoms with Crippen LogP contribution in [0.4, 0.5) is 5.69 Å². The predicted octanol–water partition coefficient (Wildman–Crippen LogP) is 6.17. The maximum Gasteiger partial charge on any atom is 0.126 e. The van der Waals surface area contributed by atoms with Gasteiger partial charge in [-0.15, -0.1) is 0 Å². The fourth-order valence-electron chi connectivity index (χ4n) is 4.57. The molecule has 1 fully saturated rings. The fourth-order valence-corrected chi connectivity index (χ4v) is 4.57. The van der Waals surface area contributed by atoms with Crippen LogP contribution < -0.4 is 5.06 Å². The fraction of sp³-hybridized carbons (Fsp3) is 0.111. The number of benzene rings is 4. The second-order valence-corrected chi connectivity index (χ2v) is 7.39. The average Bonchev–Trinajstić information content (AvgIpc) is 3.23. The third kappa shape index (κ3) is 2.93. The Bertz CT molecular complexity index is 960. The van der Waals surface area contributed by atoms with Crippen molar-refractivity contribution in [1.29, 1.82) is 0 Å². The zero-order valence-corrected chi connectivity index (χ0v) is 16.2. The molecule has 1 saturated heterocycles. The van der Waals surface area contributed by atoms with Gasteiger partial charge in [-0.2, -0.15) is 0 Å². The van der Waals surface area contributed by atoms with Crippen molar-refractivity contribution >= 4 is 5.69 Å². The molecule has 5 rings (SSSR count). The summed E-state index contributed by atoms with van der Waals surface area (Å²) in [6.45, 7) is 0.614. The minimum atomic E-state index is -0.467. The molecule has 1 heterocycles. The van der Waals surface area contributed by atoms with Crippen LogP contribution in [0, 0.1) is 0 Å². The minimum Gasteiger partial charge on any atom is -0.271 e. The van der Waals surface area contributed by atoms with E-state index in [1.165, 1.54) is 16.7 Å². The lowest BCUT2D eigenvalue weighted by Crippen LogP contribution is -2.45. The first kappa shape index (κ1) is 17.7. The number of rotatable bonds is 4. The van der Waals surface area contributed by atoms with E-state index < -0.39 is 5.54 Å². The highest BCUT2D eigenvalue weighted by molar-refractivity contribution is 5.58. The molecule has 2 nitrogen and oxygen atoms in total. The van der Waals surface area contributed by atoms with Crippen molar-refractivity contribution in [1.82, 2.24) is 0 Å². The zero-order valence-electron chi connectivity index (χ0n) is 16.2. The molecule has 0 N–H and O–H groups in total. The topological polar surface area (TPSA) is 12.5 Å². The van der Waals surface area contributed by atoms with Gasteiger partial charge in [-0.05, 0) is 28.8 Å². The van der Waals surface area contributed by atoms with Crippen molar-refractivity contribution in [3.63, 3.8) is 0 Å². The van der Waals surface area contributed by atoms with E-state index in [2.05, 4.69) is 120 Å². The largest absolute Gasteiger partial charge is 0.271 e. The smallest absolute Gasteiger partial charge is 0.126 e. The number of hydroxylamine groups is 1. The van der Waals surface area contributed by atoms with Crippen LogP contribution >= 0.6 is 0 Å². The lowest BCUT2D eigenvalue weighted by Gasteiger charge is -2.42. The molecule has 0 radical (unpaired) electrons. The number of hydrogen-bond acceptors (Lipinski definition) is 2. The Morgan fingerprint density at radius 2 is 1.03 bits per heavy atom. The van der Waals surface area contributed by atoms with Gasteiger partial charge in [-0.3, -0.25) is 4.84 Å². The third-order valence-electron chi connectivity index (χ3n) is 5.82. The van der Waals surface area contributed by atoms with Crippen LogP contribution in [0.1, 0.15) is 22.6 Å². The van der Waals surface area contributed by atoms with Gasteiger partial charge < -0.3 is 0 Å². The molecule has 1 aliphatic rings. The van der Waals surface area contributed by atoms with Gasteiger partial charge in [-0.1, -0.05) is 109 Å². The molecule has 4 aromatic carbocycles. The lowest BCUT2D eigenvalue weighted by molar-refractivity contribution is 0.146. The molecule has 2 heteroatoms. The Kier molecular flexibility index (Phi) is 4.63. The summed E-state index contributed by atoms with van der Waals surface area (Å²) >= 11 is 0. The molecule has 0 aromatic heterocycles. The molecule has 0 saturated carbocycles. The van der Waals surface area contributed by atoms with E-state index in [9.17, 15) is 0 Å². The van der Waals surface area contributed by atoms with Crippen LogP contribution in [-0.4, -0.2) is 6.61 Å². The Balaban J connectivity index is 1.81. The molecule has 0 spiro atoms. The Labute approximate surface area is 172 Å². The van der Waals surface area contributed by atoms with E-state index in [1.54, 1.807) is 0 Å². The van der Waals surface area contributed by atoms with Crippen LogP contribution in [0.5, 0.6) is 0 Å². The average molecular weight is 377 g/mol. The van der Waals surface area contributed by atoms with Gasteiger partial charge in [0.2, 0.25) is 0 Å². The van der Waals surface area contributed by atoms with Gasteiger partial charge in [0.25, 0.3) is 0 Å². The molecular weight excluding hydrogens is 354 g/mol. The van der Waals surface area contributed by atoms with Crippen LogP contribution in [0.2, 0.25) is 0 Å². The first-order chi connectivity index (χ1) is 14.4. The van der Waals surface area contributed by atoms with Gasteiger partial charge in [0, 0.05) is 5.92 Å². The Morgan fingerprint density at radius 1 is 0.586 bits per heavy atom. The van der Waals surface area contributed by atoms with Crippen molar-refractivity contribution in [2.75, 3.05) is 11.7 Å². The normalized spacial score (nSPS) is 17.9. The summed E-state index contributed by atoms with van der Waals surface area (Å²) in [5.74, 6) is 0.147. The van der Waals surface area contributed by atoms with Crippen LogP contribution in [0.15, 0.2) is 121 Å². The van der Waals surface area contributed by atoms with Crippen LogP contribution in [-0.2, 0) is 10.4 Å². The van der Waals surface area contributed by atoms with Crippen molar-refractivity contribution < 1.29 is 4.84 Å². The molecule has 29 heavy (non-hydrogen) atoms. The second-order valence-electron chi connectivity index (χ2n) is 7.39. The molecule has 1 unspecified atom stereocenters. The highest BCUT2D eigenvalue weighted by atomic mass is 16.7. The molecule has 1 atom stereocenters. The van der Waals surface area contributed by atoms with Gasteiger partial charge in [0.05, 0.1) is 12.3 Å². The van der Waals surface area contributed by atoms with Gasteiger partial charge in [-0.25, -0.2) is 5.06 Å². The van der Waals surface area contributed by atoms with Gasteiger partial charge >= 0.3 is 0 Å². The summed E-state index contributed by atoms with van der Waals surface area (Å²) in [4.78, 5) is 6.46. The molecule has 0 aliphatic carbocycles. The van der Waals surface area contributed by atoms with E-state index in [4.69, 9.17) is 4.84 Å². The summed E-state index contributed by atoms with van der Waals surface area (Å²) in [6.07, 6.45) is 0. The molecule has 0 bridgehead atoms. The maximum absolute atomic E-state index is 6.46. The van der Waals surface area contributed by atoms with Gasteiger partial charge in [0.1, 0.15) is 5.54 Å². The Hall–Kier alpha value is -3.36.